The van der Waals surface area contributed by atoms with Gasteiger partial charge in [0.1, 0.15) is 5.75 Å². The van der Waals surface area contributed by atoms with Crippen molar-refractivity contribution < 1.29 is 17.9 Å². The normalized spacial score (nSPS) is 20.4. The van der Waals surface area contributed by atoms with Crippen LogP contribution in [0.1, 0.15) is 11.5 Å². The molecule has 1 atom stereocenters. The number of nitrogens with zero attached hydrogens (tertiary/aromatic N) is 1. The molecule has 1 radical (unpaired) electrons. The summed E-state index contributed by atoms with van der Waals surface area (Å²) in [5, 5.41) is 0. The summed E-state index contributed by atoms with van der Waals surface area (Å²) in [6.45, 7) is 9.90. The summed E-state index contributed by atoms with van der Waals surface area (Å²) in [6, 6.07) is 7.57. The van der Waals surface area contributed by atoms with Gasteiger partial charge < -0.3 is 9.64 Å². The fourth-order valence-electron chi connectivity index (χ4n) is 2.56. The van der Waals surface area contributed by atoms with Crippen LogP contribution in [0, 0.1) is 6.42 Å². The van der Waals surface area contributed by atoms with Gasteiger partial charge in [-0.05, 0) is 36.7 Å². The van der Waals surface area contributed by atoms with E-state index in [0.29, 0.717) is 0 Å². The predicted molar refractivity (Wildman–Crippen MR) is 84.8 cm³/mol. The lowest BCUT2D eigenvalue weighted by atomic mass is 9.98. The summed E-state index contributed by atoms with van der Waals surface area (Å²) in [5.41, 5.74) is 0.886. The van der Waals surface area contributed by atoms with Gasteiger partial charge in [-0.1, -0.05) is 31.8 Å². The second-order valence-electron chi connectivity index (χ2n) is 7.03. The first-order valence-corrected chi connectivity index (χ1v) is 11.2. The lowest BCUT2D eigenvalue weighted by Crippen LogP contribution is -2.29. The van der Waals surface area contributed by atoms with Crippen LogP contribution < -0.4 is 4.74 Å². The Morgan fingerprint density at radius 3 is 2.64 bits per heavy atom. The molecule has 1 aromatic rings. The average molecular weight is 330 g/mol. The zero-order chi connectivity index (χ0) is 16.4. The van der Waals surface area contributed by atoms with Crippen molar-refractivity contribution in [2.24, 2.45) is 0 Å². The van der Waals surface area contributed by atoms with E-state index in [1.54, 1.807) is 6.07 Å². The molecule has 1 aliphatic heterocycles. The van der Waals surface area contributed by atoms with Gasteiger partial charge in [0, 0.05) is 27.1 Å². The van der Waals surface area contributed by atoms with Crippen molar-refractivity contribution in [3.05, 3.63) is 36.2 Å². The van der Waals surface area contributed by atoms with Crippen LogP contribution in [0.2, 0.25) is 25.7 Å². The quantitative estimate of drug-likeness (QED) is 0.736. The van der Waals surface area contributed by atoms with Crippen molar-refractivity contribution in [1.29, 1.82) is 0 Å². The van der Waals surface area contributed by atoms with Crippen LogP contribution in [-0.4, -0.2) is 39.0 Å². The Balaban J connectivity index is 1.94. The van der Waals surface area contributed by atoms with Gasteiger partial charge in [-0.3, -0.25) is 0 Å². The minimum atomic E-state index is -4.64. The van der Waals surface area contributed by atoms with E-state index in [9.17, 15) is 13.2 Å². The van der Waals surface area contributed by atoms with Gasteiger partial charge in [0.05, 0.1) is 0 Å². The topological polar surface area (TPSA) is 12.5 Å². The van der Waals surface area contributed by atoms with Crippen LogP contribution in [0.25, 0.3) is 0 Å². The average Bonchev–Trinajstić information content (AvgIpc) is 2.82. The Kier molecular flexibility index (Phi) is 5.22. The van der Waals surface area contributed by atoms with Crippen LogP contribution >= 0.6 is 0 Å². The first-order chi connectivity index (χ1) is 10.1. The van der Waals surface area contributed by atoms with Gasteiger partial charge in [-0.2, -0.15) is 0 Å². The third-order valence-electron chi connectivity index (χ3n) is 3.80. The van der Waals surface area contributed by atoms with Gasteiger partial charge >= 0.3 is 6.36 Å². The van der Waals surface area contributed by atoms with Crippen LogP contribution in [0.5, 0.6) is 5.75 Å². The standard InChI is InChI=1S/C16H23F3NOSi/c1-22(2,3)10-9-20-8-7-14(12-20)13-5-4-6-15(11-13)21-16(17,18)19/h4-7,11,14H,8-10,12H2,1-3H3. The fraction of sp³-hybridized carbons (Fsp3) is 0.562. The summed E-state index contributed by atoms with van der Waals surface area (Å²) in [5.74, 6) is 0.0392. The van der Waals surface area contributed by atoms with Gasteiger partial charge in [0.2, 0.25) is 0 Å². The van der Waals surface area contributed by atoms with E-state index >= 15 is 0 Å². The molecular formula is C16H23F3NOSi. The van der Waals surface area contributed by atoms with E-state index in [-0.39, 0.29) is 11.7 Å². The van der Waals surface area contributed by atoms with E-state index in [4.69, 9.17) is 0 Å². The zero-order valence-electron chi connectivity index (χ0n) is 13.3. The first kappa shape index (κ1) is 17.3. The predicted octanol–water partition coefficient (Wildman–Crippen LogP) is 4.53. The lowest BCUT2D eigenvalue weighted by Gasteiger charge is -2.22. The number of likely N-dealkylation sites (tertiary alicyclic amines) is 1. The second-order valence-corrected chi connectivity index (χ2v) is 12.7. The molecule has 1 saturated heterocycles. The Bertz CT molecular complexity index is 499. The summed E-state index contributed by atoms with van der Waals surface area (Å²) >= 11 is 0. The highest BCUT2D eigenvalue weighted by atomic mass is 28.3. The molecule has 0 N–H and O–H groups in total. The maximum absolute atomic E-state index is 12.3. The molecule has 1 aromatic carbocycles. The van der Waals surface area contributed by atoms with Crippen molar-refractivity contribution >= 4 is 8.07 Å². The Morgan fingerprint density at radius 1 is 1.27 bits per heavy atom. The molecule has 0 aliphatic carbocycles. The minimum absolute atomic E-state index is 0.140. The molecule has 1 aliphatic rings. The van der Waals surface area contributed by atoms with E-state index in [1.165, 1.54) is 18.2 Å². The highest BCUT2D eigenvalue weighted by Crippen LogP contribution is 2.31. The number of halogens is 3. The van der Waals surface area contributed by atoms with Crippen molar-refractivity contribution in [2.75, 3.05) is 19.6 Å². The molecule has 0 aromatic heterocycles. The monoisotopic (exact) mass is 330 g/mol. The van der Waals surface area contributed by atoms with Crippen LogP contribution in [0.4, 0.5) is 13.2 Å². The lowest BCUT2D eigenvalue weighted by molar-refractivity contribution is -0.274. The smallest absolute Gasteiger partial charge is 0.406 e. The second kappa shape index (κ2) is 6.62. The summed E-state index contributed by atoms with van der Waals surface area (Å²) in [6.07, 6.45) is -2.46. The number of hydrogen-bond acceptors (Lipinski definition) is 2. The van der Waals surface area contributed by atoms with Gasteiger partial charge in [0.15, 0.2) is 0 Å². The molecule has 0 amide bonds. The Labute approximate surface area is 131 Å². The molecule has 1 unspecified atom stereocenters. The molecular weight excluding hydrogens is 307 g/mol. The molecule has 1 fully saturated rings. The van der Waals surface area contributed by atoms with Gasteiger partial charge in [-0.15, -0.1) is 13.2 Å². The van der Waals surface area contributed by atoms with E-state index in [0.717, 1.165) is 25.2 Å². The van der Waals surface area contributed by atoms with E-state index < -0.39 is 14.4 Å². The van der Waals surface area contributed by atoms with Crippen molar-refractivity contribution in [3.8, 4) is 5.75 Å². The van der Waals surface area contributed by atoms with Crippen molar-refractivity contribution in [3.63, 3.8) is 0 Å². The fourth-order valence-corrected chi connectivity index (χ4v) is 3.55. The maximum atomic E-state index is 12.3. The molecule has 0 spiro atoms. The van der Waals surface area contributed by atoms with Crippen LogP contribution in [0.15, 0.2) is 24.3 Å². The van der Waals surface area contributed by atoms with Crippen molar-refractivity contribution in [1.82, 2.24) is 4.90 Å². The highest BCUT2D eigenvalue weighted by Gasteiger charge is 2.32. The van der Waals surface area contributed by atoms with Crippen molar-refractivity contribution in [2.45, 2.75) is 38.0 Å². The molecule has 2 nitrogen and oxygen atoms in total. The van der Waals surface area contributed by atoms with Crippen LogP contribution in [0.3, 0.4) is 0 Å². The largest absolute Gasteiger partial charge is 0.573 e. The Hall–Kier alpha value is -1.01. The number of hydrogen-bond donors (Lipinski definition) is 0. The van der Waals surface area contributed by atoms with Gasteiger partial charge in [-0.25, -0.2) is 0 Å². The Morgan fingerprint density at radius 2 is 2.00 bits per heavy atom. The summed E-state index contributed by atoms with van der Waals surface area (Å²) < 4.78 is 40.9. The first-order valence-electron chi connectivity index (χ1n) is 7.54. The summed E-state index contributed by atoms with van der Waals surface area (Å²) in [4.78, 5) is 2.38. The number of benzene rings is 1. The number of alkyl halides is 3. The van der Waals surface area contributed by atoms with Crippen LogP contribution in [-0.2, 0) is 0 Å². The molecule has 123 valence electrons. The molecule has 6 heteroatoms. The van der Waals surface area contributed by atoms with E-state index in [2.05, 4.69) is 35.7 Å². The highest BCUT2D eigenvalue weighted by molar-refractivity contribution is 6.76. The summed E-state index contributed by atoms with van der Waals surface area (Å²) in [7, 11) is -1.06. The molecule has 2 rings (SSSR count). The molecule has 22 heavy (non-hydrogen) atoms. The number of ether oxygens (including phenoxy) is 1. The molecule has 0 saturated carbocycles. The SMILES string of the molecule is C[Si](C)(C)CCN1C[CH]C(c2cccc(OC(F)(F)F)c2)C1. The van der Waals surface area contributed by atoms with E-state index in [1.807, 2.05) is 6.07 Å². The third kappa shape index (κ3) is 5.65. The maximum Gasteiger partial charge on any atom is 0.573 e. The minimum Gasteiger partial charge on any atom is -0.406 e. The molecule has 1 heterocycles. The zero-order valence-corrected chi connectivity index (χ0v) is 14.3. The molecule has 0 bridgehead atoms. The number of rotatable bonds is 5. The third-order valence-corrected chi connectivity index (χ3v) is 5.52. The van der Waals surface area contributed by atoms with Gasteiger partial charge in [0.25, 0.3) is 0 Å².